The maximum absolute atomic E-state index is 13.1. The van der Waals surface area contributed by atoms with Crippen LogP contribution in [0.15, 0.2) is 146 Å². The topological polar surface area (TPSA) is 237 Å². The summed E-state index contributed by atoms with van der Waals surface area (Å²) in [7, 11) is -9.99. The van der Waals surface area contributed by atoms with Crippen molar-refractivity contribution in [3.05, 3.63) is 146 Å². The minimum Gasteiger partial charge on any atom is -0.462 e. The number of phosphoric acid groups is 2. The molecule has 0 aromatic rings. The lowest BCUT2D eigenvalue weighted by molar-refractivity contribution is -0.161. The number of hydrogen-bond donors (Lipinski definition) is 3. The van der Waals surface area contributed by atoms with Crippen LogP contribution in [0.25, 0.3) is 0 Å². The molecule has 0 radical (unpaired) electrons. The van der Waals surface area contributed by atoms with E-state index < -0.39 is 97.5 Å². The molecule has 0 aliphatic heterocycles. The Morgan fingerprint density at radius 2 is 0.509 bits per heavy atom. The van der Waals surface area contributed by atoms with Gasteiger partial charge in [-0.25, -0.2) is 9.13 Å². The molecular weight excluding hydrogens is 1380 g/mol. The van der Waals surface area contributed by atoms with Crippen LogP contribution in [0.4, 0.5) is 0 Å². The van der Waals surface area contributed by atoms with Crippen LogP contribution in [-0.4, -0.2) is 96.7 Å². The molecule has 0 aliphatic rings. The lowest BCUT2D eigenvalue weighted by Gasteiger charge is -2.21. The highest BCUT2D eigenvalue weighted by Crippen LogP contribution is 2.45. The van der Waals surface area contributed by atoms with Crippen LogP contribution >= 0.6 is 15.6 Å². The van der Waals surface area contributed by atoms with E-state index in [1.54, 1.807) is 0 Å². The summed E-state index contributed by atoms with van der Waals surface area (Å²) in [6.45, 7) is 4.52. The van der Waals surface area contributed by atoms with E-state index in [4.69, 9.17) is 37.0 Å². The second kappa shape index (κ2) is 78.1. The minimum absolute atomic E-state index is 0.0314. The third-order valence-corrected chi connectivity index (χ3v) is 18.7. The zero-order valence-corrected chi connectivity index (χ0v) is 68.1. The third-order valence-electron chi connectivity index (χ3n) is 16.8. The number of carbonyl (C=O) groups is 4. The van der Waals surface area contributed by atoms with E-state index >= 15 is 0 Å². The highest BCUT2D eigenvalue weighted by Gasteiger charge is 2.30. The largest absolute Gasteiger partial charge is 0.472 e. The molecule has 0 aliphatic carbocycles. The van der Waals surface area contributed by atoms with Gasteiger partial charge in [0.15, 0.2) is 12.2 Å². The number of phosphoric ester groups is 2. The molecule has 17 nitrogen and oxygen atoms in total. The maximum atomic E-state index is 13.1. The maximum Gasteiger partial charge on any atom is 0.472 e. The monoisotopic (exact) mass is 1530 g/mol. The van der Waals surface area contributed by atoms with Crippen LogP contribution in [0.1, 0.15) is 323 Å². The Bertz CT molecular complexity index is 2580. The van der Waals surface area contributed by atoms with Gasteiger partial charge in [-0.15, -0.1) is 0 Å². The van der Waals surface area contributed by atoms with E-state index in [-0.39, 0.29) is 25.7 Å². The molecule has 606 valence electrons. The molecule has 0 amide bonds. The van der Waals surface area contributed by atoms with Crippen LogP contribution in [0, 0.1) is 0 Å². The minimum atomic E-state index is -5.00. The first-order valence-corrected chi connectivity index (χ1v) is 44.1. The highest BCUT2D eigenvalue weighted by molar-refractivity contribution is 7.47. The Hall–Kier alpha value is -5.06. The van der Waals surface area contributed by atoms with Gasteiger partial charge in [-0.1, -0.05) is 289 Å². The predicted octanol–water partition coefficient (Wildman–Crippen LogP) is 24.2. The molecule has 0 heterocycles. The zero-order valence-electron chi connectivity index (χ0n) is 66.3. The number of unbranched alkanes of at least 4 members (excludes halogenated alkanes) is 26. The Kier molecular flexibility index (Phi) is 74.3. The van der Waals surface area contributed by atoms with Gasteiger partial charge in [0.05, 0.1) is 26.4 Å². The standard InChI is InChI=1S/C87H146O17P2/c1-5-9-13-17-21-25-29-33-36-38-40-42-45-48-51-55-59-63-67-71-84(89)97-77-82(103-86(91)73-69-65-61-57-53-47-32-28-24-20-16-12-8-4)79-101-105(93,94)99-75-81(88)76-100-106(95,96)102-80-83(104-87(92)74-70-66-62-58-54-50-44-35-31-27-23-19-15-11-7-3)78-98-85(90)72-68-64-60-56-52-49-46-43-41-39-37-34-30-26-22-18-14-10-6-2/h9-10,13-14,21-22,25-26,28,32-37,40-44,48,51,59,63,81-83,88H,5-8,11-12,15-20,23-24,27,29-31,38-39,45-47,49-50,52-58,60-62,64-80H2,1-4H3,(H,93,94)(H,95,96)/b13-9-,14-10-,25-21-,26-22-,32-28-,36-33-,37-34-,42-40-,43-41-,44-35-,51-48-,63-59-. The normalized spacial score (nSPS) is 14.6. The molecule has 5 atom stereocenters. The summed E-state index contributed by atoms with van der Waals surface area (Å²) < 4.78 is 68.6. The van der Waals surface area contributed by atoms with Crippen molar-refractivity contribution in [3.63, 3.8) is 0 Å². The van der Waals surface area contributed by atoms with Gasteiger partial charge in [0.25, 0.3) is 0 Å². The van der Waals surface area contributed by atoms with E-state index in [0.717, 1.165) is 173 Å². The predicted molar refractivity (Wildman–Crippen MR) is 436 cm³/mol. The summed E-state index contributed by atoms with van der Waals surface area (Å²) in [6.07, 6.45) is 89.8. The van der Waals surface area contributed by atoms with Crippen molar-refractivity contribution in [1.82, 2.24) is 0 Å². The fraction of sp³-hybridized carbons (Fsp3) is 0.678. The molecule has 0 saturated carbocycles. The van der Waals surface area contributed by atoms with Crippen molar-refractivity contribution in [1.29, 1.82) is 0 Å². The summed E-state index contributed by atoms with van der Waals surface area (Å²) in [6, 6.07) is 0. The molecule has 106 heavy (non-hydrogen) atoms. The fourth-order valence-corrected chi connectivity index (χ4v) is 12.2. The molecule has 0 fully saturated rings. The Morgan fingerprint density at radius 3 is 0.830 bits per heavy atom. The summed E-state index contributed by atoms with van der Waals surface area (Å²) >= 11 is 0. The highest BCUT2D eigenvalue weighted by atomic mass is 31.2. The first kappa shape index (κ1) is 101. The second-order valence-electron chi connectivity index (χ2n) is 26.9. The van der Waals surface area contributed by atoms with Crippen molar-refractivity contribution in [2.75, 3.05) is 39.6 Å². The quantitative estimate of drug-likeness (QED) is 0.0169. The molecule has 19 heteroatoms. The van der Waals surface area contributed by atoms with Crippen molar-refractivity contribution < 1.29 is 80.2 Å². The van der Waals surface area contributed by atoms with Gasteiger partial charge >= 0.3 is 39.5 Å². The molecule has 0 spiro atoms. The van der Waals surface area contributed by atoms with Gasteiger partial charge in [-0.05, 0) is 154 Å². The van der Waals surface area contributed by atoms with Gasteiger partial charge in [0, 0.05) is 25.7 Å². The van der Waals surface area contributed by atoms with Crippen LogP contribution < -0.4 is 0 Å². The Labute approximate surface area is 643 Å². The van der Waals surface area contributed by atoms with Crippen molar-refractivity contribution in [3.8, 4) is 0 Å². The van der Waals surface area contributed by atoms with Crippen molar-refractivity contribution in [2.24, 2.45) is 0 Å². The van der Waals surface area contributed by atoms with E-state index in [0.29, 0.717) is 32.1 Å². The molecule has 0 aromatic carbocycles. The van der Waals surface area contributed by atoms with Crippen LogP contribution in [0.3, 0.4) is 0 Å². The van der Waals surface area contributed by atoms with Gasteiger partial charge in [-0.2, -0.15) is 0 Å². The number of aliphatic hydroxyl groups excluding tert-OH is 1. The molecule has 0 rings (SSSR count). The van der Waals surface area contributed by atoms with E-state index in [2.05, 4.69) is 155 Å². The molecule has 0 saturated heterocycles. The Balaban J connectivity index is 5.43. The number of ether oxygens (including phenoxy) is 4. The second-order valence-corrected chi connectivity index (χ2v) is 29.8. The number of aliphatic hydroxyl groups is 1. The van der Waals surface area contributed by atoms with Gasteiger partial charge in [0.2, 0.25) is 0 Å². The molecule has 0 bridgehead atoms. The average molecular weight is 1530 g/mol. The van der Waals surface area contributed by atoms with Gasteiger partial charge < -0.3 is 33.8 Å². The first-order chi connectivity index (χ1) is 51.7. The number of esters is 4. The zero-order chi connectivity index (χ0) is 77.4. The average Bonchev–Trinajstić information content (AvgIpc) is 0.901. The van der Waals surface area contributed by atoms with E-state index in [9.17, 15) is 43.2 Å². The van der Waals surface area contributed by atoms with Crippen molar-refractivity contribution >= 4 is 39.5 Å². The lowest BCUT2D eigenvalue weighted by Crippen LogP contribution is -2.30. The van der Waals surface area contributed by atoms with Crippen LogP contribution in [0.2, 0.25) is 0 Å². The van der Waals surface area contributed by atoms with Crippen LogP contribution in [-0.2, 0) is 65.4 Å². The van der Waals surface area contributed by atoms with E-state index in [1.807, 2.05) is 18.2 Å². The SMILES string of the molecule is CC/C=C\C/C=C\C/C=C\C/C=C\C/C=C\C/C=C\CCC(=O)OCC(COP(=O)(O)OCC(O)COP(=O)(O)OCC(COC(=O)CCCCCCCC/C=C\C/C=C\C/C=C\C/C=C\CC)OC(=O)CCCCCCC/C=C\CCCCCCCC)OC(=O)CCCCCCC/C=C\CCCCCC. The Morgan fingerprint density at radius 1 is 0.274 bits per heavy atom. The third kappa shape index (κ3) is 77.1. The number of hydrogen-bond acceptors (Lipinski definition) is 15. The number of carbonyl (C=O) groups excluding carboxylic acids is 4. The summed E-state index contributed by atoms with van der Waals surface area (Å²) in [5.74, 6) is -2.31. The summed E-state index contributed by atoms with van der Waals surface area (Å²) in [5.41, 5.74) is 0. The van der Waals surface area contributed by atoms with E-state index in [1.165, 1.54) is 64.2 Å². The molecule has 5 unspecified atom stereocenters. The van der Waals surface area contributed by atoms with Crippen LogP contribution in [0.5, 0.6) is 0 Å². The smallest absolute Gasteiger partial charge is 0.462 e. The summed E-state index contributed by atoms with van der Waals surface area (Å²) in [4.78, 5) is 73.1. The number of allylic oxidation sites excluding steroid dienone is 24. The van der Waals surface area contributed by atoms with Crippen molar-refractivity contribution in [2.45, 2.75) is 341 Å². The first-order valence-electron chi connectivity index (χ1n) is 41.1. The van der Waals surface area contributed by atoms with Gasteiger partial charge in [-0.3, -0.25) is 37.3 Å². The molecular formula is C87H146O17P2. The molecule has 0 aromatic heterocycles. The molecule has 3 N–H and O–H groups in total. The summed E-state index contributed by atoms with van der Waals surface area (Å²) in [5, 5.41) is 10.7. The van der Waals surface area contributed by atoms with Gasteiger partial charge in [0.1, 0.15) is 19.3 Å². The number of rotatable bonds is 76. The lowest BCUT2D eigenvalue weighted by atomic mass is 10.1. The fourth-order valence-electron chi connectivity index (χ4n) is 10.6.